The fourth-order valence-corrected chi connectivity index (χ4v) is 2.70. The first-order chi connectivity index (χ1) is 9.58. The van der Waals surface area contributed by atoms with Crippen LogP contribution in [-0.2, 0) is 4.74 Å². The zero-order valence-corrected chi connectivity index (χ0v) is 12.7. The van der Waals surface area contributed by atoms with Crippen LogP contribution in [0.3, 0.4) is 0 Å². The summed E-state index contributed by atoms with van der Waals surface area (Å²) in [6, 6.07) is 8.54. The van der Waals surface area contributed by atoms with Crippen molar-refractivity contribution in [2.75, 3.05) is 13.7 Å². The van der Waals surface area contributed by atoms with Crippen molar-refractivity contribution in [1.82, 2.24) is 5.32 Å². The van der Waals surface area contributed by atoms with E-state index in [0.717, 1.165) is 17.9 Å². The summed E-state index contributed by atoms with van der Waals surface area (Å²) in [5.41, 5.74) is 7.18. The molecule has 0 aromatic heterocycles. The van der Waals surface area contributed by atoms with Gasteiger partial charge in [0.1, 0.15) is 0 Å². The normalized spacial score (nSPS) is 24.1. The Kier molecular flexibility index (Phi) is 5.26. The lowest BCUT2D eigenvalue weighted by Crippen LogP contribution is -2.42. The van der Waals surface area contributed by atoms with Gasteiger partial charge in [0.25, 0.3) is 0 Å². The maximum Gasteiger partial charge on any atom is 0.189 e. The summed E-state index contributed by atoms with van der Waals surface area (Å²) >= 11 is 6.01. The van der Waals surface area contributed by atoms with Crippen LogP contribution in [0.2, 0.25) is 5.02 Å². The number of nitrogens with two attached hydrogens (primary N) is 1. The first-order valence-electron chi connectivity index (χ1n) is 6.92. The van der Waals surface area contributed by atoms with E-state index in [1.807, 2.05) is 25.1 Å². The summed E-state index contributed by atoms with van der Waals surface area (Å²) in [7, 11) is 1.67. The molecule has 1 aliphatic rings. The molecule has 1 fully saturated rings. The number of nitrogens with zero attached hydrogens (tertiary/aromatic N) is 1. The van der Waals surface area contributed by atoms with Crippen LogP contribution in [0.15, 0.2) is 29.3 Å². The highest BCUT2D eigenvalue weighted by Crippen LogP contribution is 2.39. The summed E-state index contributed by atoms with van der Waals surface area (Å²) in [6.45, 7) is 2.63. The molecule has 0 bridgehead atoms. The Labute approximate surface area is 125 Å². The van der Waals surface area contributed by atoms with Crippen LogP contribution >= 0.6 is 11.6 Å². The summed E-state index contributed by atoms with van der Waals surface area (Å²) in [5.74, 6) is 1.05. The van der Waals surface area contributed by atoms with E-state index in [2.05, 4.69) is 16.4 Å². The highest BCUT2D eigenvalue weighted by Gasteiger charge is 2.30. The number of nitrogens with one attached hydrogen (secondary N) is 1. The molecule has 1 aromatic carbocycles. The van der Waals surface area contributed by atoms with Gasteiger partial charge < -0.3 is 15.8 Å². The van der Waals surface area contributed by atoms with Gasteiger partial charge in [-0.05, 0) is 43.4 Å². The molecule has 2 rings (SSSR count). The van der Waals surface area contributed by atoms with Gasteiger partial charge in [-0.25, -0.2) is 0 Å². The molecule has 110 valence electrons. The van der Waals surface area contributed by atoms with Gasteiger partial charge in [0.05, 0.1) is 12.6 Å². The summed E-state index contributed by atoms with van der Waals surface area (Å²) < 4.78 is 5.05. The molecule has 0 heterocycles. The summed E-state index contributed by atoms with van der Waals surface area (Å²) in [6.07, 6.45) is 2.06. The number of benzene rings is 1. The predicted octanol–water partition coefficient (Wildman–Crippen LogP) is 2.53. The lowest BCUT2D eigenvalue weighted by Gasteiger charge is -2.33. The van der Waals surface area contributed by atoms with Crippen molar-refractivity contribution in [2.24, 2.45) is 10.7 Å². The van der Waals surface area contributed by atoms with Crippen LogP contribution in [0.5, 0.6) is 0 Å². The van der Waals surface area contributed by atoms with E-state index < -0.39 is 0 Å². The molecule has 3 N–H and O–H groups in total. The van der Waals surface area contributed by atoms with Gasteiger partial charge in [0, 0.05) is 18.2 Å². The molecule has 1 saturated carbocycles. The van der Waals surface area contributed by atoms with Gasteiger partial charge in [-0.1, -0.05) is 23.7 Å². The quantitative estimate of drug-likeness (QED) is 0.648. The summed E-state index contributed by atoms with van der Waals surface area (Å²) in [4.78, 5) is 4.50. The molecule has 0 radical (unpaired) electrons. The van der Waals surface area contributed by atoms with Gasteiger partial charge in [-0.2, -0.15) is 0 Å². The molecule has 1 atom stereocenters. The Hall–Kier alpha value is -1.26. The second kappa shape index (κ2) is 6.95. The standard InChI is InChI=1S/C15H22ClN3O/c1-10(9-20-2)18-15(17)19-14-7-12(8-14)11-4-3-5-13(16)6-11/h3-6,10,12,14H,7-9H2,1-2H3,(H3,17,18,19). The number of aliphatic imine (C=N–C) groups is 1. The van der Waals surface area contributed by atoms with Gasteiger partial charge in [-0.15, -0.1) is 0 Å². The van der Waals surface area contributed by atoms with Crippen molar-refractivity contribution in [1.29, 1.82) is 0 Å². The Morgan fingerprint density at radius 1 is 1.55 bits per heavy atom. The van der Waals surface area contributed by atoms with E-state index in [1.165, 1.54) is 5.56 Å². The van der Waals surface area contributed by atoms with Crippen LogP contribution < -0.4 is 11.1 Å². The van der Waals surface area contributed by atoms with Crippen LogP contribution in [0.4, 0.5) is 0 Å². The number of guanidine groups is 1. The maximum atomic E-state index is 6.01. The van der Waals surface area contributed by atoms with Gasteiger partial charge in [-0.3, -0.25) is 4.99 Å². The zero-order valence-electron chi connectivity index (χ0n) is 12.0. The van der Waals surface area contributed by atoms with Crippen molar-refractivity contribution in [2.45, 2.75) is 37.8 Å². The van der Waals surface area contributed by atoms with E-state index in [0.29, 0.717) is 24.5 Å². The minimum atomic E-state index is 0.174. The minimum absolute atomic E-state index is 0.174. The third kappa shape index (κ3) is 4.12. The molecular formula is C15H22ClN3O. The monoisotopic (exact) mass is 295 g/mol. The highest BCUT2D eigenvalue weighted by atomic mass is 35.5. The largest absolute Gasteiger partial charge is 0.383 e. The Morgan fingerprint density at radius 2 is 2.30 bits per heavy atom. The average Bonchev–Trinajstić information content (AvgIpc) is 2.33. The average molecular weight is 296 g/mol. The maximum absolute atomic E-state index is 6.01. The smallest absolute Gasteiger partial charge is 0.189 e. The first kappa shape index (κ1) is 15.1. The zero-order chi connectivity index (χ0) is 14.5. The van der Waals surface area contributed by atoms with E-state index in [1.54, 1.807) is 7.11 Å². The van der Waals surface area contributed by atoms with Crippen LogP contribution in [-0.4, -0.2) is 31.8 Å². The van der Waals surface area contributed by atoms with Crippen molar-refractivity contribution in [3.05, 3.63) is 34.9 Å². The molecule has 0 spiro atoms. The molecule has 0 amide bonds. The van der Waals surface area contributed by atoms with Crippen molar-refractivity contribution >= 4 is 17.6 Å². The van der Waals surface area contributed by atoms with Crippen LogP contribution in [0, 0.1) is 0 Å². The SMILES string of the molecule is COCC(C)NC(N)=NC1CC(c2cccc(Cl)c2)C1. The Morgan fingerprint density at radius 3 is 2.95 bits per heavy atom. The van der Waals surface area contributed by atoms with E-state index >= 15 is 0 Å². The van der Waals surface area contributed by atoms with Crippen molar-refractivity contribution in [3.8, 4) is 0 Å². The number of rotatable bonds is 5. The number of halogens is 1. The molecule has 5 heteroatoms. The molecule has 1 aliphatic carbocycles. The van der Waals surface area contributed by atoms with Gasteiger partial charge in [0.15, 0.2) is 5.96 Å². The number of hydrogen-bond donors (Lipinski definition) is 2. The third-order valence-corrected chi connectivity index (χ3v) is 3.80. The second-order valence-electron chi connectivity index (χ2n) is 5.39. The van der Waals surface area contributed by atoms with Crippen LogP contribution in [0.1, 0.15) is 31.2 Å². The molecule has 0 aliphatic heterocycles. The van der Waals surface area contributed by atoms with Gasteiger partial charge >= 0.3 is 0 Å². The minimum Gasteiger partial charge on any atom is -0.383 e. The topological polar surface area (TPSA) is 59.6 Å². The lowest BCUT2D eigenvalue weighted by atomic mass is 9.76. The van der Waals surface area contributed by atoms with Gasteiger partial charge in [0.2, 0.25) is 0 Å². The van der Waals surface area contributed by atoms with E-state index in [9.17, 15) is 0 Å². The summed E-state index contributed by atoms with van der Waals surface area (Å²) in [5, 5.41) is 3.92. The van der Waals surface area contributed by atoms with Crippen molar-refractivity contribution < 1.29 is 4.74 Å². The number of ether oxygens (including phenoxy) is 1. The second-order valence-corrected chi connectivity index (χ2v) is 5.83. The van der Waals surface area contributed by atoms with Crippen LogP contribution in [0.25, 0.3) is 0 Å². The number of methoxy groups -OCH3 is 1. The predicted molar refractivity (Wildman–Crippen MR) is 83.3 cm³/mol. The van der Waals surface area contributed by atoms with Crippen molar-refractivity contribution in [3.63, 3.8) is 0 Å². The highest BCUT2D eigenvalue weighted by molar-refractivity contribution is 6.30. The van der Waals surface area contributed by atoms with E-state index in [4.69, 9.17) is 22.1 Å². The molecule has 20 heavy (non-hydrogen) atoms. The lowest BCUT2D eigenvalue weighted by molar-refractivity contribution is 0.179. The first-order valence-corrected chi connectivity index (χ1v) is 7.30. The fraction of sp³-hybridized carbons (Fsp3) is 0.533. The molecule has 0 saturated heterocycles. The number of hydrogen-bond acceptors (Lipinski definition) is 2. The third-order valence-electron chi connectivity index (χ3n) is 3.57. The molecule has 4 nitrogen and oxygen atoms in total. The van der Waals surface area contributed by atoms with E-state index in [-0.39, 0.29) is 6.04 Å². The Balaban J connectivity index is 1.81. The fourth-order valence-electron chi connectivity index (χ4n) is 2.50. The molecule has 1 aromatic rings. The molecular weight excluding hydrogens is 274 g/mol. The Bertz CT molecular complexity index is 472. The molecule has 1 unspecified atom stereocenters.